The molecule has 0 aliphatic rings. The highest BCUT2D eigenvalue weighted by atomic mass is 16.3. The van der Waals surface area contributed by atoms with Gasteiger partial charge in [-0.2, -0.15) is 0 Å². The fourth-order valence-corrected chi connectivity index (χ4v) is 0.718. The van der Waals surface area contributed by atoms with Gasteiger partial charge in [0.15, 0.2) is 5.76 Å². The molecule has 2 nitrogen and oxygen atoms in total. The quantitative estimate of drug-likeness (QED) is 0.596. The van der Waals surface area contributed by atoms with Crippen LogP contribution in [0.25, 0.3) is 0 Å². The minimum atomic E-state index is 0.263. The Hall–Kier alpha value is -0.760. The Morgan fingerprint density at radius 2 is 2.22 bits per heavy atom. The Labute approximate surface area is 54.7 Å². The van der Waals surface area contributed by atoms with Crippen LogP contribution in [0.5, 0.6) is 0 Å². The lowest BCUT2D eigenvalue weighted by Gasteiger charge is -1.93. The van der Waals surface area contributed by atoms with Crippen molar-refractivity contribution in [2.75, 3.05) is 0 Å². The molecule has 1 aromatic heterocycles. The summed E-state index contributed by atoms with van der Waals surface area (Å²) in [6.45, 7) is 3.95. The Morgan fingerprint density at radius 1 is 1.56 bits per heavy atom. The number of furan rings is 1. The van der Waals surface area contributed by atoms with E-state index in [9.17, 15) is 0 Å². The van der Waals surface area contributed by atoms with E-state index in [4.69, 9.17) is 4.42 Å². The van der Waals surface area contributed by atoms with E-state index >= 15 is 0 Å². The lowest BCUT2D eigenvalue weighted by molar-refractivity contribution is -0.424. The maximum atomic E-state index is 5.28. The Kier molecular flexibility index (Phi) is 1.58. The van der Waals surface area contributed by atoms with Gasteiger partial charge in [0.1, 0.15) is 11.8 Å². The van der Waals surface area contributed by atoms with E-state index in [1.165, 1.54) is 0 Å². The molecule has 0 radical (unpaired) electrons. The average molecular weight is 126 g/mol. The summed E-state index contributed by atoms with van der Waals surface area (Å²) in [5.41, 5.74) is 3.83. The molecule has 0 fully saturated rings. The third kappa shape index (κ3) is 1.33. The second kappa shape index (κ2) is 2.23. The van der Waals surface area contributed by atoms with Gasteiger partial charge in [-0.3, -0.25) is 0 Å². The molecule has 0 spiro atoms. The Bertz CT molecular complexity index is 191. The summed E-state index contributed by atoms with van der Waals surface area (Å²) in [5, 5.41) is 0. The molecule has 1 atom stereocenters. The third-order valence-corrected chi connectivity index (χ3v) is 1.25. The summed E-state index contributed by atoms with van der Waals surface area (Å²) in [6.07, 6.45) is 0. The highest BCUT2D eigenvalue weighted by Crippen LogP contribution is 2.10. The first-order valence-electron chi connectivity index (χ1n) is 3.09. The van der Waals surface area contributed by atoms with Crippen LogP contribution in [-0.2, 0) is 0 Å². The van der Waals surface area contributed by atoms with Gasteiger partial charge in [0, 0.05) is 0 Å². The molecule has 50 valence electrons. The lowest BCUT2D eigenvalue weighted by atomic mass is 10.3. The molecular weight excluding hydrogens is 114 g/mol. The molecule has 0 amide bonds. The Balaban J connectivity index is 2.85. The monoisotopic (exact) mass is 126 g/mol. The third-order valence-electron chi connectivity index (χ3n) is 1.25. The molecular formula is C7H12NO+. The molecule has 3 N–H and O–H groups in total. The molecule has 1 heterocycles. The second-order valence-electron chi connectivity index (χ2n) is 2.35. The van der Waals surface area contributed by atoms with Crippen LogP contribution in [0, 0.1) is 6.92 Å². The van der Waals surface area contributed by atoms with E-state index < -0.39 is 0 Å². The zero-order valence-electron chi connectivity index (χ0n) is 5.85. The van der Waals surface area contributed by atoms with E-state index in [0.717, 1.165) is 11.5 Å². The van der Waals surface area contributed by atoms with Crippen LogP contribution in [0.2, 0.25) is 0 Å². The van der Waals surface area contributed by atoms with Gasteiger partial charge in [0.05, 0.1) is 0 Å². The van der Waals surface area contributed by atoms with Crippen LogP contribution in [0.1, 0.15) is 24.5 Å². The summed E-state index contributed by atoms with van der Waals surface area (Å²) < 4.78 is 5.28. The van der Waals surface area contributed by atoms with Crippen molar-refractivity contribution in [2.24, 2.45) is 0 Å². The van der Waals surface area contributed by atoms with E-state index in [2.05, 4.69) is 5.73 Å². The first-order chi connectivity index (χ1) is 4.20. The van der Waals surface area contributed by atoms with Crippen molar-refractivity contribution in [1.29, 1.82) is 0 Å². The zero-order chi connectivity index (χ0) is 6.85. The van der Waals surface area contributed by atoms with Crippen molar-refractivity contribution in [3.8, 4) is 0 Å². The van der Waals surface area contributed by atoms with Gasteiger partial charge in [-0.15, -0.1) is 0 Å². The van der Waals surface area contributed by atoms with E-state index in [0.29, 0.717) is 0 Å². The number of hydrogen-bond acceptors (Lipinski definition) is 1. The first-order valence-corrected chi connectivity index (χ1v) is 3.09. The van der Waals surface area contributed by atoms with Crippen molar-refractivity contribution in [3.05, 3.63) is 23.7 Å². The largest absolute Gasteiger partial charge is 0.460 e. The zero-order valence-corrected chi connectivity index (χ0v) is 5.85. The Morgan fingerprint density at radius 3 is 2.44 bits per heavy atom. The summed E-state index contributed by atoms with van der Waals surface area (Å²) >= 11 is 0. The van der Waals surface area contributed by atoms with Crippen molar-refractivity contribution in [2.45, 2.75) is 19.9 Å². The average Bonchev–Trinajstić information content (AvgIpc) is 2.14. The fraction of sp³-hybridized carbons (Fsp3) is 0.429. The topological polar surface area (TPSA) is 40.8 Å². The predicted molar refractivity (Wildman–Crippen MR) is 34.7 cm³/mol. The molecule has 0 saturated heterocycles. The molecule has 2 heteroatoms. The maximum absolute atomic E-state index is 5.28. The van der Waals surface area contributed by atoms with Gasteiger partial charge in [0.25, 0.3) is 0 Å². The maximum Gasteiger partial charge on any atom is 0.161 e. The molecule has 0 bridgehead atoms. The van der Waals surface area contributed by atoms with E-state index in [1.54, 1.807) is 0 Å². The number of aryl methyl sites for hydroxylation is 1. The molecule has 0 saturated carbocycles. The van der Waals surface area contributed by atoms with Crippen LogP contribution >= 0.6 is 0 Å². The predicted octanol–water partition coefficient (Wildman–Crippen LogP) is 0.891. The standard InChI is InChI=1S/C7H11NO/c1-5-3-4-7(9-5)6(2)8/h3-4,6H,8H2,1-2H3/p+1/t6-/m0/s1. The highest BCUT2D eigenvalue weighted by Gasteiger charge is 2.04. The molecule has 0 aliphatic heterocycles. The summed E-state index contributed by atoms with van der Waals surface area (Å²) in [6, 6.07) is 4.18. The second-order valence-corrected chi connectivity index (χ2v) is 2.35. The normalized spacial score (nSPS) is 13.7. The molecule has 1 aromatic rings. The number of hydrogen-bond donors (Lipinski definition) is 1. The van der Waals surface area contributed by atoms with Crippen molar-refractivity contribution < 1.29 is 10.2 Å². The number of quaternary nitrogens is 1. The van der Waals surface area contributed by atoms with Crippen LogP contribution in [0.3, 0.4) is 0 Å². The van der Waals surface area contributed by atoms with Crippen LogP contribution in [0.15, 0.2) is 16.5 Å². The van der Waals surface area contributed by atoms with Gasteiger partial charge < -0.3 is 10.2 Å². The smallest absolute Gasteiger partial charge is 0.161 e. The van der Waals surface area contributed by atoms with E-state index in [1.807, 2.05) is 26.0 Å². The SMILES string of the molecule is Cc1ccc([C@H](C)[NH3+])o1. The van der Waals surface area contributed by atoms with Crippen molar-refractivity contribution >= 4 is 0 Å². The molecule has 1 rings (SSSR count). The van der Waals surface area contributed by atoms with Crippen LogP contribution in [0.4, 0.5) is 0 Å². The van der Waals surface area contributed by atoms with Crippen LogP contribution < -0.4 is 5.73 Å². The summed E-state index contributed by atoms with van der Waals surface area (Å²) in [4.78, 5) is 0. The van der Waals surface area contributed by atoms with Gasteiger partial charge in [-0.25, -0.2) is 0 Å². The summed E-state index contributed by atoms with van der Waals surface area (Å²) in [7, 11) is 0. The van der Waals surface area contributed by atoms with Crippen molar-refractivity contribution in [3.63, 3.8) is 0 Å². The van der Waals surface area contributed by atoms with Crippen molar-refractivity contribution in [1.82, 2.24) is 0 Å². The van der Waals surface area contributed by atoms with Gasteiger partial charge >= 0.3 is 0 Å². The fourth-order valence-electron chi connectivity index (χ4n) is 0.718. The molecule has 9 heavy (non-hydrogen) atoms. The molecule has 0 unspecified atom stereocenters. The first kappa shape index (κ1) is 6.36. The minimum Gasteiger partial charge on any atom is -0.460 e. The molecule has 0 aliphatic carbocycles. The lowest BCUT2D eigenvalue weighted by Crippen LogP contribution is -2.51. The summed E-state index contributed by atoms with van der Waals surface area (Å²) in [5.74, 6) is 1.92. The van der Waals surface area contributed by atoms with Gasteiger partial charge in [-0.05, 0) is 26.0 Å². The van der Waals surface area contributed by atoms with Gasteiger partial charge in [0.2, 0.25) is 0 Å². The van der Waals surface area contributed by atoms with Crippen LogP contribution in [-0.4, -0.2) is 0 Å². The minimum absolute atomic E-state index is 0.263. The van der Waals surface area contributed by atoms with Gasteiger partial charge in [-0.1, -0.05) is 0 Å². The highest BCUT2D eigenvalue weighted by molar-refractivity contribution is 5.06. The van der Waals surface area contributed by atoms with E-state index in [-0.39, 0.29) is 6.04 Å². The molecule has 0 aromatic carbocycles. The number of rotatable bonds is 1.